The standard InChI is InChI=1S/C16H23NO4/c1-11(2)16(13(18)19,12-9-7-6-8-10-12)17-14(20)21-15(3,4)5/h6-11H,1-5H3,(H,17,20)(H,18,19)/t16-/m0/s1. The van der Waals surface area contributed by atoms with Gasteiger partial charge in [0.2, 0.25) is 0 Å². The van der Waals surface area contributed by atoms with Gasteiger partial charge < -0.3 is 15.2 Å². The Balaban J connectivity index is 3.21. The Labute approximate surface area is 125 Å². The highest BCUT2D eigenvalue weighted by atomic mass is 16.6. The van der Waals surface area contributed by atoms with E-state index >= 15 is 0 Å². The molecule has 1 rings (SSSR count). The van der Waals surface area contributed by atoms with Crippen molar-refractivity contribution < 1.29 is 19.4 Å². The van der Waals surface area contributed by atoms with Crippen molar-refractivity contribution in [2.45, 2.75) is 45.8 Å². The van der Waals surface area contributed by atoms with Crippen LogP contribution in [0.25, 0.3) is 0 Å². The predicted molar refractivity (Wildman–Crippen MR) is 80.0 cm³/mol. The van der Waals surface area contributed by atoms with Crippen LogP contribution in [0.15, 0.2) is 30.3 Å². The number of carbonyl (C=O) groups excluding carboxylic acids is 1. The molecule has 1 amide bonds. The summed E-state index contributed by atoms with van der Waals surface area (Å²) >= 11 is 0. The number of nitrogens with one attached hydrogen (secondary N) is 1. The highest BCUT2D eigenvalue weighted by molar-refractivity contribution is 5.86. The van der Waals surface area contributed by atoms with Crippen LogP contribution in [0.1, 0.15) is 40.2 Å². The molecular formula is C16H23NO4. The number of ether oxygens (including phenoxy) is 1. The molecule has 0 aliphatic rings. The Hall–Kier alpha value is -2.04. The molecular weight excluding hydrogens is 270 g/mol. The van der Waals surface area contributed by atoms with Crippen LogP contribution >= 0.6 is 0 Å². The first kappa shape index (κ1) is 17.0. The van der Waals surface area contributed by atoms with Gasteiger partial charge in [-0.3, -0.25) is 0 Å². The SMILES string of the molecule is CC(C)[C@@](NC(=O)OC(C)(C)C)(C(=O)O)c1ccccc1. The lowest BCUT2D eigenvalue weighted by Crippen LogP contribution is -2.56. The maximum Gasteiger partial charge on any atom is 0.408 e. The van der Waals surface area contributed by atoms with Crippen LogP contribution in [-0.4, -0.2) is 22.8 Å². The number of carboxylic acid groups (broad SMARTS) is 1. The molecule has 116 valence electrons. The van der Waals surface area contributed by atoms with Gasteiger partial charge in [0.15, 0.2) is 5.54 Å². The molecule has 1 atom stereocenters. The van der Waals surface area contributed by atoms with E-state index in [0.29, 0.717) is 5.56 Å². The van der Waals surface area contributed by atoms with E-state index in [1.54, 1.807) is 65.0 Å². The van der Waals surface area contributed by atoms with E-state index in [1.807, 2.05) is 0 Å². The normalized spacial score (nSPS) is 14.4. The first-order valence-electron chi connectivity index (χ1n) is 6.89. The predicted octanol–water partition coefficient (Wildman–Crippen LogP) is 3.15. The molecule has 2 N–H and O–H groups in total. The number of rotatable bonds is 4. The molecule has 0 fully saturated rings. The van der Waals surface area contributed by atoms with Gasteiger partial charge in [-0.25, -0.2) is 9.59 Å². The maximum atomic E-state index is 12.1. The summed E-state index contributed by atoms with van der Waals surface area (Å²) < 4.78 is 5.20. The third-order valence-electron chi connectivity index (χ3n) is 3.13. The zero-order chi connectivity index (χ0) is 16.3. The fraction of sp³-hybridized carbons (Fsp3) is 0.500. The second-order valence-electron chi connectivity index (χ2n) is 6.26. The Bertz CT molecular complexity index is 505. The summed E-state index contributed by atoms with van der Waals surface area (Å²) in [6, 6.07) is 8.65. The smallest absolute Gasteiger partial charge is 0.408 e. The van der Waals surface area contributed by atoms with Gasteiger partial charge in [0.05, 0.1) is 0 Å². The average Bonchev–Trinajstić information content (AvgIpc) is 2.34. The Morgan fingerprint density at radius 2 is 1.67 bits per heavy atom. The molecule has 0 aliphatic heterocycles. The van der Waals surface area contributed by atoms with Crippen molar-refractivity contribution >= 4 is 12.1 Å². The van der Waals surface area contributed by atoms with Crippen LogP contribution in [0.4, 0.5) is 4.79 Å². The summed E-state index contributed by atoms with van der Waals surface area (Å²) in [6.07, 6.45) is -0.748. The molecule has 0 unspecified atom stereocenters. The van der Waals surface area contributed by atoms with Gasteiger partial charge in [0.25, 0.3) is 0 Å². The Kier molecular flexibility index (Phi) is 4.99. The van der Waals surface area contributed by atoms with Crippen LogP contribution in [0.5, 0.6) is 0 Å². The third-order valence-corrected chi connectivity index (χ3v) is 3.13. The van der Waals surface area contributed by atoms with Crippen molar-refractivity contribution in [2.75, 3.05) is 0 Å². The lowest BCUT2D eigenvalue weighted by atomic mass is 9.80. The number of aliphatic carboxylic acids is 1. The van der Waals surface area contributed by atoms with E-state index in [-0.39, 0.29) is 5.92 Å². The number of carbonyl (C=O) groups is 2. The number of hydrogen-bond donors (Lipinski definition) is 2. The van der Waals surface area contributed by atoms with Crippen molar-refractivity contribution in [1.29, 1.82) is 0 Å². The van der Waals surface area contributed by atoms with Gasteiger partial charge in [0.1, 0.15) is 5.60 Å². The molecule has 0 saturated carbocycles. The molecule has 0 aromatic heterocycles. The van der Waals surface area contributed by atoms with Gasteiger partial charge >= 0.3 is 12.1 Å². The number of alkyl carbamates (subject to hydrolysis) is 1. The molecule has 0 heterocycles. The molecule has 0 spiro atoms. The molecule has 1 aromatic rings. The minimum absolute atomic E-state index is 0.357. The number of benzene rings is 1. The molecule has 0 bridgehead atoms. The lowest BCUT2D eigenvalue weighted by molar-refractivity contribution is -0.147. The van der Waals surface area contributed by atoms with E-state index in [2.05, 4.69) is 5.32 Å². The summed E-state index contributed by atoms with van der Waals surface area (Å²) in [5.41, 5.74) is -1.70. The van der Waals surface area contributed by atoms with Crippen molar-refractivity contribution in [3.05, 3.63) is 35.9 Å². The number of carboxylic acids is 1. The first-order chi connectivity index (χ1) is 9.59. The van der Waals surface area contributed by atoms with E-state index < -0.39 is 23.2 Å². The fourth-order valence-electron chi connectivity index (χ4n) is 2.14. The summed E-state index contributed by atoms with van der Waals surface area (Å²) in [4.78, 5) is 24.0. The highest BCUT2D eigenvalue weighted by Gasteiger charge is 2.45. The topological polar surface area (TPSA) is 75.6 Å². The van der Waals surface area contributed by atoms with Crippen molar-refractivity contribution in [3.63, 3.8) is 0 Å². The molecule has 5 nitrogen and oxygen atoms in total. The maximum absolute atomic E-state index is 12.1. The van der Waals surface area contributed by atoms with Crippen LogP contribution < -0.4 is 5.32 Å². The van der Waals surface area contributed by atoms with Crippen molar-refractivity contribution in [1.82, 2.24) is 5.32 Å². The van der Waals surface area contributed by atoms with Gasteiger partial charge in [-0.1, -0.05) is 44.2 Å². The quantitative estimate of drug-likeness (QED) is 0.894. The third kappa shape index (κ3) is 3.97. The summed E-state index contributed by atoms with van der Waals surface area (Å²) in [6.45, 7) is 8.68. The van der Waals surface area contributed by atoms with E-state index in [9.17, 15) is 14.7 Å². The van der Waals surface area contributed by atoms with Gasteiger partial charge in [-0.05, 0) is 32.3 Å². The minimum Gasteiger partial charge on any atom is -0.479 e. The number of amides is 1. The molecule has 0 aliphatic carbocycles. The zero-order valence-electron chi connectivity index (χ0n) is 13.1. The van der Waals surface area contributed by atoms with Gasteiger partial charge in [-0.2, -0.15) is 0 Å². The minimum atomic E-state index is -1.52. The number of hydrogen-bond acceptors (Lipinski definition) is 3. The van der Waals surface area contributed by atoms with Crippen molar-refractivity contribution in [3.8, 4) is 0 Å². The molecule has 0 saturated heterocycles. The van der Waals surface area contributed by atoms with Crippen LogP contribution in [0, 0.1) is 5.92 Å². The largest absolute Gasteiger partial charge is 0.479 e. The summed E-state index contributed by atoms with van der Waals surface area (Å²) in [5, 5.41) is 12.3. The van der Waals surface area contributed by atoms with Gasteiger partial charge in [0, 0.05) is 0 Å². The Morgan fingerprint density at radius 1 is 1.14 bits per heavy atom. The lowest BCUT2D eigenvalue weighted by Gasteiger charge is -2.35. The van der Waals surface area contributed by atoms with E-state index in [0.717, 1.165) is 0 Å². The Morgan fingerprint density at radius 3 is 2.05 bits per heavy atom. The summed E-state index contributed by atoms with van der Waals surface area (Å²) in [5.74, 6) is -1.47. The van der Waals surface area contributed by atoms with Crippen LogP contribution in [-0.2, 0) is 15.1 Å². The second-order valence-corrected chi connectivity index (χ2v) is 6.26. The fourth-order valence-corrected chi connectivity index (χ4v) is 2.14. The monoisotopic (exact) mass is 293 g/mol. The second kappa shape index (κ2) is 6.16. The van der Waals surface area contributed by atoms with E-state index in [1.165, 1.54) is 0 Å². The summed E-state index contributed by atoms with van der Waals surface area (Å²) in [7, 11) is 0. The van der Waals surface area contributed by atoms with Gasteiger partial charge in [-0.15, -0.1) is 0 Å². The highest BCUT2D eigenvalue weighted by Crippen LogP contribution is 2.30. The average molecular weight is 293 g/mol. The molecule has 21 heavy (non-hydrogen) atoms. The van der Waals surface area contributed by atoms with Crippen LogP contribution in [0.2, 0.25) is 0 Å². The zero-order valence-corrected chi connectivity index (χ0v) is 13.1. The van der Waals surface area contributed by atoms with Crippen molar-refractivity contribution in [2.24, 2.45) is 5.92 Å². The van der Waals surface area contributed by atoms with E-state index in [4.69, 9.17) is 4.74 Å². The molecule has 1 aromatic carbocycles. The molecule has 5 heteroatoms. The first-order valence-corrected chi connectivity index (χ1v) is 6.89. The van der Waals surface area contributed by atoms with Crippen LogP contribution in [0.3, 0.4) is 0 Å². The molecule has 0 radical (unpaired) electrons.